The number of aromatic nitrogens is 3. The minimum Gasteiger partial charge on any atom is -0.381 e. The molecule has 0 radical (unpaired) electrons. The van der Waals surface area contributed by atoms with Gasteiger partial charge in [0.2, 0.25) is 5.95 Å². The van der Waals surface area contributed by atoms with Crippen LogP contribution in [0.3, 0.4) is 0 Å². The van der Waals surface area contributed by atoms with Crippen molar-refractivity contribution < 1.29 is 9.72 Å². The van der Waals surface area contributed by atoms with Gasteiger partial charge in [0.1, 0.15) is 12.0 Å². The first kappa shape index (κ1) is 14.7. The maximum Gasteiger partial charge on any atom is 0.294 e. The highest BCUT2D eigenvalue weighted by atomic mass is 35.5. The van der Waals surface area contributed by atoms with E-state index in [1.54, 1.807) is 7.05 Å². The first-order chi connectivity index (χ1) is 9.93. The van der Waals surface area contributed by atoms with Gasteiger partial charge in [0, 0.05) is 25.7 Å². The maximum atomic E-state index is 12.1. The molecule has 110 valence electrons. The third-order valence-corrected chi connectivity index (χ3v) is 3.01. The van der Waals surface area contributed by atoms with E-state index in [9.17, 15) is 14.9 Å². The fourth-order valence-corrected chi connectivity index (χ4v) is 2.01. The van der Waals surface area contributed by atoms with Crippen molar-refractivity contribution in [3.63, 3.8) is 0 Å². The molecule has 1 aromatic heterocycles. The Hall–Kier alpha value is -2.68. The van der Waals surface area contributed by atoms with Gasteiger partial charge in [0.25, 0.3) is 11.6 Å². The normalized spacial score (nSPS) is 10.2. The zero-order valence-corrected chi connectivity index (χ0v) is 11.9. The van der Waals surface area contributed by atoms with E-state index in [0.29, 0.717) is 0 Å². The number of amides is 1. The molecule has 2 N–H and O–H groups in total. The summed E-state index contributed by atoms with van der Waals surface area (Å²) in [6.07, 6.45) is 1.27. The van der Waals surface area contributed by atoms with E-state index in [0.717, 1.165) is 6.07 Å². The molecule has 0 aliphatic rings. The molecule has 0 fully saturated rings. The fourth-order valence-electron chi connectivity index (χ4n) is 1.70. The quantitative estimate of drug-likeness (QED) is 0.655. The topological polar surface area (TPSA) is 115 Å². The standard InChI is InChI=1S/C11H11ClN6O3/c1-13-9-7(12)3-6(4-8(9)18(20)21)10(19)16-11-14-5-15-17(11)2/h3-5,13H,1-2H3,(H,14,15,16,19). The van der Waals surface area contributed by atoms with Crippen LogP contribution < -0.4 is 10.6 Å². The van der Waals surface area contributed by atoms with E-state index in [4.69, 9.17) is 11.6 Å². The Bertz CT molecular complexity index is 714. The van der Waals surface area contributed by atoms with Crippen molar-refractivity contribution in [1.29, 1.82) is 0 Å². The van der Waals surface area contributed by atoms with Crippen LogP contribution in [0.15, 0.2) is 18.5 Å². The van der Waals surface area contributed by atoms with Crippen molar-refractivity contribution in [3.05, 3.63) is 39.2 Å². The lowest BCUT2D eigenvalue weighted by molar-refractivity contribution is -0.383. The highest BCUT2D eigenvalue weighted by Gasteiger charge is 2.21. The van der Waals surface area contributed by atoms with E-state index in [1.165, 1.54) is 24.1 Å². The lowest BCUT2D eigenvalue weighted by atomic mass is 10.1. The molecule has 0 saturated heterocycles. The molecule has 0 aliphatic heterocycles. The monoisotopic (exact) mass is 310 g/mol. The average Bonchev–Trinajstić information content (AvgIpc) is 2.83. The molecule has 1 heterocycles. The van der Waals surface area contributed by atoms with Crippen molar-refractivity contribution in [1.82, 2.24) is 14.8 Å². The number of benzene rings is 1. The molecule has 10 heteroatoms. The molecule has 2 rings (SSSR count). The van der Waals surface area contributed by atoms with E-state index < -0.39 is 10.8 Å². The average molecular weight is 311 g/mol. The highest BCUT2D eigenvalue weighted by Crippen LogP contribution is 2.33. The second-order valence-corrected chi connectivity index (χ2v) is 4.43. The van der Waals surface area contributed by atoms with E-state index in [2.05, 4.69) is 20.7 Å². The Morgan fingerprint density at radius 1 is 1.48 bits per heavy atom. The Morgan fingerprint density at radius 3 is 2.71 bits per heavy atom. The molecular formula is C11H11ClN6O3. The van der Waals surface area contributed by atoms with Crippen molar-refractivity contribution >= 4 is 34.8 Å². The van der Waals surface area contributed by atoms with Crippen molar-refractivity contribution in [2.45, 2.75) is 0 Å². The highest BCUT2D eigenvalue weighted by molar-refractivity contribution is 6.34. The van der Waals surface area contributed by atoms with Gasteiger partial charge in [0.15, 0.2) is 0 Å². The molecule has 0 unspecified atom stereocenters. The van der Waals surface area contributed by atoms with Crippen LogP contribution in [0.1, 0.15) is 10.4 Å². The number of nitro groups is 1. The summed E-state index contributed by atoms with van der Waals surface area (Å²) in [4.78, 5) is 26.3. The lowest BCUT2D eigenvalue weighted by Gasteiger charge is -2.08. The smallest absolute Gasteiger partial charge is 0.294 e. The van der Waals surface area contributed by atoms with E-state index >= 15 is 0 Å². The second kappa shape index (κ2) is 5.75. The molecule has 0 saturated carbocycles. The summed E-state index contributed by atoms with van der Waals surface area (Å²) >= 11 is 5.96. The number of aryl methyl sites for hydroxylation is 1. The van der Waals surface area contributed by atoms with Crippen molar-refractivity contribution in [2.24, 2.45) is 7.05 Å². The van der Waals surface area contributed by atoms with Crippen molar-refractivity contribution in [2.75, 3.05) is 17.7 Å². The van der Waals surface area contributed by atoms with Gasteiger partial charge in [-0.1, -0.05) is 11.6 Å². The number of hydrogen-bond acceptors (Lipinski definition) is 6. The van der Waals surface area contributed by atoms with E-state index in [-0.39, 0.29) is 27.9 Å². The third-order valence-electron chi connectivity index (χ3n) is 2.72. The minimum absolute atomic E-state index is 0.0497. The minimum atomic E-state index is -0.614. The Kier molecular flexibility index (Phi) is 4.03. The number of nitrogens with zero attached hydrogens (tertiary/aromatic N) is 4. The predicted octanol–water partition coefficient (Wildman–Crippen LogP) is 1.67. The van der Waals surface area contributed by atoms with Gasteiger partial charge in [-0.3, -0.25) is 20.2 Å². The molecule has 9 nitrogen and oxygen atoms in total. The summed E-state index contributed by atoms with van der Waals surface area (Å²) in [5.74, 6) is -0.352. The zero-order valence-electron chi connectivity index (χ0n) is 11.1. The van der Waals surface area contributed by atoms with Crippen LogP contribution in [-0.4, -0.2) is 32.6 Å². The zero-order chi connectivity index (χ0) is 15.6. The number of carbonyl (C=O) groups excluding carboxylic acids is 1. The summed E-state index contributed by atoms with van der Waals surface area (Å²) in [6.45, 7) is 0. The molecular weight excluding hydrogens is 300 g/mol. The van der Waals surface area contributed by atoms with Gasteiger partial charge in [0.05, 0.1) is 9.95 Å². The van der Waals surface area contributed by atoms with Crippen LogP contribution in [0, 0.1) is 10.1 Å². The second-order valence-electron chi connectivity index (χ2n) is 4.02. The Morgan fingerprint density at radius 2 is 2.19 bits per heavy atom. The van der Waals surface area contributed by atoms with Crippen LogP contribution in [0.25, 0.3) is 0 Å². The number of halogens is 1. The van der Waals surface area contributed by atoms with Gasteiger partial charge in [-0.2, -0.15) is 10.1 Å². The number of nitrogens with one attached hydrogen (secondary N) is 2. The first-order valence-electron chi connectivity index (χ1n) is 5.75. The molecule has 0 spiro atoms. The maximum absolute atomic E-state index is 12.1. The number of hydrogen-bond donors (Lipinski definition) is 2. The van der Waals surface area contributed by atoms with Gasteiger partial charge in [-0.15, -0.1) is 0 Å². The summed E-state index contributed by atoms with van der Waals surface area (Å²) in [6, 6.07) is 2.48. The van der Waals surface area contributed by atoms with Crippen LogP contribution in [0.5, 0.6) is 0 Å². The summed E-state index contributed by atoms with van der Waals surface area (Å²) < 4.78 is 1.36. The van der Waals surface area contributed by atoms with Crippen LogP contribution >= 0.6 is 11.6 Å². The molecule has 21 heavy (non-hydrogen) atoms. The van der Waals surface area contributed by atoms with Gasteiger partial charge in [-0.25, -0.2) is 4.68 Å². The molecule has 2 aromatic rings. The van der Waals surface area contributed by atoms with Gasteiger partial charge >= 0.3 is 0 Å². The summed E-state index contributed by atoms with van der Waals surface area (Å²) in [7, 11) is 3.11. The van der Waals surface area contributed by atoms with E-state index in [1.807, 2.05) is 0 Å². The molecule has 0 bridgehead atoms. The van der Waals surface area contributed by atoms with Crippen LogP contribution in [0.2, 0.25) is 5.02 Å². The lowest BCUT2D eigenvalue weighted by Crippen LogP contribution is -2.16. The summed E-state index contributed by atoms with van der Waals surface area (Å²) in [5.41, 5.74) is -0.0845. The number of nitro benzene ring substituents is 1. The van der Waals surface area contributed by atoms with Crippen LogP contribution in [-0.2, 0) is 7.05 Å². The Balaban J connectivity index is 2.38. The van der Waals surface area contributed by atoms with Crippen molar-refractivity contribution in [3.8, 4) is 0 Å². The molecule has 1 aromatic carbocycles. The fraction of sp³-hybridized carbons (Fsp3) is 0.182. The first-order valence-corrected chi connectivity index (χ1v) is 6.13. The third kappa shape index (κ3) is 2.92. The number of rotatable bonds is 4. The van der Waals surface area contributed by atoms with Gasteiger partial charge in [-0.05, 0) is 6.07 Å². The largest absolute Gasteiger partial charge is 0.381 e. The molecule has 1 amide bonds. The SMILES string of the molecule is CNc1c(Cl)cc(C(=O)Nc2ncnn2C)cc1[N+](=O)[O-]. The number of carbonyl (C=O) groups is 1. The predicted molar refractivity (Wildman–Crippen MR) is 76.6 cm³/mol. The molecule has 0 aliphatic carbocycles. The Labute approximate surface area is 124 Å². The summed E-state index contributed by atoms with van der Waals surface area (Å²) in [5, 5.41) is 20.0. The molecule has 0 atom stereocenters. The van der Waals surface area contributed by atoms with Crippen LogP contribution in [0.4, 0.5) is 17.3 Å². The van der Waals surface area contributed by atoms with Gasteiger partial charge < -0.3 is 5.32 Å². The number of anilines is 2.